The summed E-state index contributed by atoms with van der Waals surface area (Å²) in [6.45, 7) is 2.54. The minimum atomic E-state index is -0.329. The number of carbonyl (C=O) groups is 1. The summed E-state index contributed by atoms with van der Waals surface area (Å²) < 4.78 is 12.0. The second kappa shape index (κ2) is 9.03. The molecular weight excluding hydrogens is 320 g/mol. The summed E-state index contributed by atoms with van der Waals surface area (Å²) in [6.07, 6.45) is 1.33. The zero-order valence-corrected chi connectivity index (χ0v) is 14.7. The molecule has 0 saturated carbocycles. The Labute approximate surface area is 147 Å². The van der Waals surface area contributed by atoms with E-state index < -0.39 is 0 Å². The van der Waals surface area contributed by atoms with Crippen LogP contribution in [0.25, 0.3) is 0 Å². The maximum Gasteiger partial charge on any atom is 0.224 e. The van der Waals surface area contributed by atoms with Crippen molar-refractivity contribution in [2.45, 2.75) is 32.8 Å². The molecule has 1 aromatic carbocycles. The molecule has 0 aliphatic carbocycles. The predicted molar refractivity (Wildman–Crippen MR) is 96.4 cm³/mol. The average molecular weight is 344 g/mol. The van der Waals surface area contributed by atoms with Gasteiger partial charge < -0.3 is 15.3 Å². The van der Waals surface area contributed by atoms with Crippen LogP contribution in [0.4, 0.5) is 0 Å². The van der Waals surface area contributed by atoms with Gasteiger partial charge in [0.1, 0.15) is 6.61 Å². The number of nitrogens with two attached hydrogens (primary N) is 1. The summed E-state index contributed by atoms with van der Waals surface area (Å²) in [4.78, 5) is 25.1. The van der Waals surface area contributed by atoms with Crippen molar-refractivity contribution < 1.29 is 14.3 Å². The van der Waals surface area contributed by atoms with Gasteiger partial charge in [-0.1, -0.05) is 37.3 Å². The van der Waals surface area contributed by atoms with Crippen molar-refractivity contribution in [2.24, 2.45) is 0 Å². The fraction of sp³-hybridized carbons (Fsp3) is 0.368. The second-order valence-electron chi connectivity index (χ2n) is 5.70. The Hall–Kier alpha value is -2.60. The fourth-order valence-corrected chi connectivity index (χ4v) is 2.55. The number of aromatic nitrogens is 1. The topological polar surface area (TPSA) is 83.6 Å². The molecule has 1 heterocycles. The molecule has 2 aromatic rings. The normalized spacial score (nSPS) is 10.6. The van der Waals surface area contributed by atoms with Gasteiger partial charge in [0, 0.05) is 31.9 Å². The summed E-state index contributed by atoms with van der Waals surface area (Å²) >= 11 is 0. The monoisotopic (exact) mass is 344 g/mol. The summed E-state index contributed by atoms with van der Waals surface area (Å²) in [5, 5.41) is 0. The van der Waals surface area contributed by atoms with Crippen LogP contribution < -0.4 is 16.0 Å². The number of hydrogen-bond donors (Lipinski definition) is 1. The zero-order chi connectivity index (χ0) is 18.2. The highest BCUT2D eigenvalue weighted by molar-refractivity contribution is 5.97. The number of ketones is 1. The van der Waals surface area contributed by atoms with Crippen molar-refractivity contribution >= 4 is 5.78 Å². The largest absolute Gasteiger partial charge is 0.483 e. The molecule has 0 radical (unpaired) electrons. The van der Waals surface area contributed by atoms with Gasteiger partial charge in [0.25, 0.3) is 0 Å². The zero-order valence-electron chi connectivity index (χ0n) is 14.7. The summed E-state index contributed by atoms with van der Waals surface area (Å²) in [7, 11) is 1.58. The Kier molecular flexibility index (Phi) is 6.77. The van der Waals surface area contributed by atoms with Gasteiger partial charge in [0.05, 0.1) is 0 Å². The molecule has 0 bridgehead atoms. The quantitative estimate of drug-likeness (QED) is 0.429. The van der Waals surface area contributed by atoms with E-state index in [1.807, 2.05) is 37.3 Å². The van der Waals surface area contributed by atoms with Gasteiger partial charge in [-0.05, 0) is 18.4 Å². The van der Waals surface area contributed by atoms with Crippen molar-refractivity contribution in [3.8, 4) is 5.75 Å². The molecule has 0 spiro atoms. The van der Waals surface area contributed by atoms with Gasteiger partial charge in [-0.2, -0.15) is 0 Å². The molecule has 0 aliphatic heterocycles. The van der Waals surface area contributed by atoms with E-state index in [0.29, 0.717) is 25.1 Å². The first-order valence-corrected chi connectivity index (χ1v) is 8.31. The Morgan fingerprint density at radius 2 is 1.96 bits per heavy atom. The third-order valence-corrected chi connectivity index (χ3v) is 3.89. The van der Waals surface area contributed by atoms with E-state index in [4.69, 9.17) is 15.3 Å². The van der Waals surface area contributed by atoms with Crippen molar-refractivity contribution in [2.75, 3.05) is 19.6 Å². The maximum atomic E-state index is 12.6. The number of ether oxygens (including phenoxy) is 2. The first-order valence-electron chi connectivity index (χ1n) is 8.31. The van der Waals surface area contributed by atoms with Gasteiger partial charge in [-0.25, -0.2) is 0 Å². The fourth-order valence-electron chi connectivity index (χ4n) is 2.55. The van der Waals surface area contributed by atoms with Crippen LogP contribution in [-0.2, 0) is 17.8 Å². The summed E-state index contributed by atoms with van der Waals surface area (Å²) in [5.41, 5.74) is 1.29. The predicted octanol–water partition coefficient (Wildman–Crippen LogP) is 2.31. The standard InChI is InChI=1S/C19H24N2O4/c1-3-15-12-17(23)19(25-13-14-8-5-4-6-9-14)18(21(15)20)16(22)10-7-11-24-2/h4-6,8-9,12H,3,7,10-11,13,20H2,1-2H3. The van der Waals surface area contributed by atoms with E-state index in [1.54, 1.807) is 7.11 Å². The van der Waals surface area contributed by atoms with Crippen LogP contribution in [-0.4, -0.2) is 24.2 Å². The van der Waals surface area contributed by atoms with E-state index in [9.17, 15) is 9.59 Å². The van der Waals surface area contributed by atoms with Gasteiger partial charge in [0.2, 0.25) is 5.43 Å². The minimum absolute atomic E-state index is 0.00553. The molecule has 134 valence electrons. The molecule has 0 amide bonds. The van der Waals surface area contributed by atoms with Crippen molar-refractivity contribution in [1.82, 2.24) is 4.68 Å². The number of methoxy groups -OCH3 is 1. The molecule has 1 aromatic heterocycles. The number of nitrogens with zero attached hydrogens (tertiary/aromatic N) is 1. The lowest BCUT2D eigenvalue weighted by Gasteiger charge is -2.17. The Bertz CT molecular complexity index is 769. The average Bonchev–Trinajstić information content (AvgIpc) is 2.62. The molecule has 0 fully saturated rings. The van der Waals surface area contributed by atoms with Crippen molar-refractivity contribution in [3.05, 3.63) is 63.6 Å². The smallest absolute Gasteiger partial charge is 0.224 e. The molecule has 0 atom stereocenters. The lowest BCUT2D eigenvalue weighted by atomic mass is 10.1. The summed E-state index contributed by atoms with van der Waals surface area (Å²) in [6, 6.07) is 10.9. The SMILES string of the molecule is CCc1cc(=O)c(OCc2ccccc2)c(C(=O)CCCOC)n1N. The van der Waals surface area contributed by atoms with E-state index >= 15 is 0 Å². The van der Waals surface area contributed by atoms with Crippen LogP contribution >= 0.6 is 0 Å². The summed E-state index contributed by atoms with van der Waals surface area (Å²) in [5.74, 6) is 5.86. The van der Waals surface area contributed by atoms with E-state index in [-0.39, 0.29) is 35.7 Å². The van der Waals surface area contributed by atoms with Crippen LogP contribution in [0.2, 0.25) is 0 Å². The molecule has 0 saturated heterocycles. The van der Waals surface area contributed by atoms with E-state index in [1.165, 1.54) is 10.7 Å². The van der Waals surface area contributed by atoms with E-state index in [2.05, 4.69) is 0 Å². The Balaban J connectivity index is 2.34. The van der Waals surface area contributed by atoms with Gasteiger partial charge in [-0.15, -0.1) is 0 Å². The number of carbonyl (C=O) groups excluding carboxylic acids is 1. The molecule has 2 rings (SSSR count). The third-order valence-electron chi connectivity index (χ3n) is 3.89. The number of hydrogen-bond acceptors (Lipinski definition) is 5. The molecule has 25 heavy (non-hydrogen) atoms. The molecule has 6 nitrogen and oxygen atoms in total. The number of benzene rings is 1. The number of aryl methyl sites for hydroxylation is 1. The van der Waals surface area contributed by atoms with Gasteiger partial charge in [-0.3, -0.25) is 14.3 Å². The lowest BCUT2D eigenvalue weighted by Crippen LogP contribution is -2.28. The molecule has 2 N–H and O–H groups in total. The van der Waals surface area contributed by atoms with Crippen LogP contribution in [0.1, 0.15) is 41.5 Å². The highest BCUT2D eigenvalue weighted by Gasteiger charge is 2.21. The van der Waals surface area contributed by atoms with Crippen molar-refractivity contribution in [1.29, 1.82) is 0 Å². The number of Topliss-reactive ketones (excluding diaryl/α,β-unsaturated/α-hetero) is 1. The molecule has 0 aliphatic rings. The molecule has 6 heteroatoms. The lowest BCUT2D eigenvalue weighted by molar-refractivity contribution is 0.0949. The molecule has 0 unspecified atom stereocenters. The number of nitrogen functional groups attached to an aromatic ring is 1. The maximum absolute atomic E-state index is 12.6. The highest BCUT2D eigenvalue weighted by Crippen LogP contribution is 2.19. The van der Waals surface area contributed by atoms with Crippen LogP contribution in [0, 0.1) is 0 Å². The first kappa shape index (κ1) is 18.7. The third kappa shape index (κ3) is 4.70. The van der Waals surface area contributed by atoms with Crippen LogP contribution in [0.15, 0.2) is 41.2 Å². The number of rotatable bonds is 9. The highest BCUT2D eigenvalue weighted by atomic mass is 16.5. The Morgan fingerprint density at radius 3 is 2.60 bits per heavy atom. The second-order valence-corrected chi connectivity index (χ2v) is 5.70. The van der Waals surface area contributed by atoms with Gasteiger partial charge >= 0.3 is 0 Å². The first-order chi connectivity index (χ1) is 12.1. The number of pyridine rings is 1. The van der Waals surface area contributed by atoms with Gasteiger partial charge in [0.15, 0.2) is 17.2 Å². The van der Waals surface area contributed by atoms with Crippen molar-refractivity contribution in [3.63, 3.8) is 0 Å². The minimum Gasteiger partial charge on any atom is -0.483 e. The van der Waals surface area contributed by atoms with E-state index in [0.717, 1.165) is 5.56 Å². The molecular formula is C19H24N2O4. The van der Waals surface area contributed by atoms with Crippen LogP contribution in [0.5, 0.6) is 5.75 Å². The Morgan fingerprint density at radius 1 is 1.24 bits per heavy atom. The van der Waals surface area contributed by atoms with Crippen LogP contribution in [0.3, 0.4) is 0 Å².